The molecule has 0 saturated heterocycles. The summed E-state index contributed by atoms with van der Waals surface area (Å²) in [6.45, 7) is 4.56. The number of rotatable bonds is 7. The second-order valence-electron chi connectivity index (χ2n) is 6.08. The molecule has 1 amide bonds. The van der Waals surface area contributed by atoms with Gasteiger partial charge < -0.3 is 14.4 Å². The quantitative estimate of drug-likeness (QED) is 0.834. The fourth-order valence-electron chi connectivity index (χ4n) is 2.37. The molecule has 2 rings (SSSR count). The van der Waals surface area contributed by atoms with Gasteiger partial charge in [-0.15, -0.1) is 0 Å². The predicted molar refractivity (Wildman–Crippen MR) is 77.5 cm³/mol. The highest BCUT2D eigenvalue weighted by Gasteiger charge is 2.36. The normalized spacial score (nSPS) is 22.6. The van der Waals surface area contributed by atoms with E-state index in [1.807, 2.05) is 12.1 Å². The van der Waals surface area contributed by atoms with Gasteiger partial charge in [0.15, 0.2) is 0 Å². The minimum absolute atomic E-state index is 0.100. The van der Waals surface area contributed by atoms with Crippen LogP contribution in [0.5, 0.6) is 0 Å². The molecule has 1 heterocycles. The summed E-state index contributed by atoms with van der Waals surface area (Å²) in [5.74, 6) is 3.40. The highest BCUT2D eigenvalue weighted by Crippen LogP contribution is 2.47. The van der Waals surface area contributed by atoms with Crippen LogP contribution < -0.4 is 0 Å². The number of furan rings is 1. The van der Waals surface area contributed by atoms with E-state index >= 15 is 0 Å². The Morgan fingerprint density at radius 2 is 2.25 bits per heavy atom. The lowest BCUT2D eigenvalue weighted by molar-refractivity contribution is -0.130. The van der Waals surface area contributed by atoms with Crippen molar-refractivity contribution in [3.63, 3.8) is 0 Å². The van der Waals surface area contributed by atoms with E-state index in [4.69, 9.17) is 4.42 Å². The minimum Gasteiger partial charge on any atom is -0.466 e. The van der Waals surface area contributed by atoms with Gasteiger partial charge in [-0.05, 0) is 37.8 Å². The molecule has 1 N–H and O–H groups in total. The molecule has 3 unspecified atom stereocenters. The van der Waals surface area contributed by atoms with Crippen molar-refractivity contribution in [1.82, 2.24) is 4.90 Å². The lowest BCUT2D eigenvalue weighted by Gasteiger charge is -2.17. The molecule has 3 atom stereocenters. The molecule has 0 aliphatic heterocycles. The summed E-state index contributed by atoms with van der Waals surface area (Å²) in [6, 6.07) is 4.04. The molecule has 0 radical (unpaired) electrons. The van der Waals surface area contributed by atoms with E-state index in [1.54, 1.807) is 18.9 Å². The molecule has 1 saturated carbocycles. The van der Waals surface area contributed by atoms with Crippen LogP contribution in [0.15, 0.2) is 16.5 Å². The molecule has 1 fully saturated rings. The first-order chi connectivity index (χ1) is 9.47. The van der Waals surface area contributed by atoms with E-state index in [0.29, 0.717) is 31.7 Å². The zero-order valence-electron chi connectivity index (χ0n) is 12.6. The van der Waals surface area contributed by atoms with Crippen LogP contribution in [0, 0.1) is 5.92 Å². The van der Waals surface area contributed by atoms with Crippen molar-refractivity contribution in [2.75, 3.05) is 13.6 Å². The lowest BCUT2D eigenvalue weighted by Crippen LogP contribution is -2.29. The first-order valence-electron chi connectivity index (χ1n) is 7.48. The summed E-state index contributed by atoms with van der Waals surface area (Å²) in [4.78, 5) is 13.6. The average molecular weight is 279 g/mol. The molecule has 1 aromatic rings. The van der Waals surface area contributed by atoms with Crippen molar-refractivity contribution in [1.29, 1.82) is 0 Å². The van der Waals surface area contributed by atoms with Gasteiger partial charge >= 0.3 is 0 Å². The predicted octanol–water partition coefficient (Wildman–Crippen LogP) is 2.56. The molecule has 112 valence electrons. The standard InChI is InChI=1S/C16H25NO3/c1-11-10-14(11)15-6-4-13(20-15)5-7-16(19)17(3)9-8-12(2)18/h4,6,11-12,14,18H,5,7-10H2,1-3H3. The van der Waals surface area contributed by atoms with Crippen LogP contribution in [0.25, 0.3) is 0 Å². The Balaban J connectivity index is 1.74. The molecule has 1 aliphatic rings. The summed E-state index contributed by atoms with van der Waals surface area (Å²) in [6.07, 6.45) is 2.58. The molecule has 1 aromatic heterocycles. The Labute approximate surface area is 120 Å². The number of aryl methyl sites for hydroxylation is 1. The van der Waals surface area contributed by atoms with Gasteiger partial charge in [0.1, 0.15) is 11.5 Å². The third kappa shape index (κ3) is 4.10. The van der Waals surface area contributed by atoms with Crippen LogP contribution in [0.1, 0.15) is 50.5 Å². The number of hydrogen-bond acceptors (Lipinski definition) is 3. The number of amides is 1. The lowest BCUT2D eigenvalue weighted by atomic mass is 10.2. The summed E-state index contributed by atoms with van der Waals surface area (Å²) in [7, 11) is 1.78. The molecule has 20 heavy (non-hydrogen) atoms. The highest BCUT2D eigenvalue weighted by atomic mass is 16.3. The maximum absolute atomic E-state index is 11.9. The summed E-state index contributed by atoms with van der Waals surface area (Å²) in [5, 5.41) is 9.22. The van der Waals surface area contributed by atoms with Gasteiger partial charge in [-0.2, -0.15) is 0 Å². The molecule has 4 nitrogen and oxygen atoms in total. The fraction of sp³-hybridized carbons (Fsp3) is 0.688. The largest absolute Gasteiger partial charge is 0.466 e. The maximum atomic E-state index is 11.9. The summed E-state index contributed by atoms with van der Waals surface area (Å²) in [5.41, 5.74) is 0. The monoisotopic (exact) mass is 279 g/mol. The van der Waals surface area contributed by atoms with E-state index in [9.17, 15) is 9.90 Å². The maximum Gasteiger partial charge on any atom is 0.222 e. The van der Waals surface area contributed by atoms with Gasteiger partial charge in [-0.25, -0.2) is 0 Å². The van der Waals surface area contributed by atoms with Gasteiger partial charge in [0.25, 0.3) is 0 Å². The first-order valence-corrected chi connectivity index (χ1v) is 7.48. The summed E-state index contributed by atoms with van der Waals surface area (Å²) >= 11 is 0. The van der Waals surface area contributed by atoms with Crippen molar-refractivity contribution in [3.05, 3.63) is 23.7 Å². The smallest absolute Gasteiger partial charge is 0.222 e. The Hall–Kier alpha value is -1.29. The van der Waals surface area contributed by atoms with Crippen molar-refractivity contribution in [2.24, 2.45) is 5.92 Å². The molecule has 0 bridgehead atoms. The van der Waals surface area contributed by atoms with Gasteiger partial charge in [-0.1, -0.05) is 6.92 Å². The van der Waals surface area contributed by atoms with Crippen molar-refractivity contribution >= 4 is 5.91 Å². The van der Waals surface area contributed by atoms with E-state index in [1.165, 1.54) is 6.42 Å². The third-order valence-corrected chi connectivity index (χ3v) is 4.05. The third-order valence-electron chi connectivity index (χ3n) is 4.05. The Kier molecular flexibility index (Phi) is 4.86. The van der Waals surface area contributed by atoms with Crippen molar-refractivity contribution < 1.29 is 14.3 Å². The van der Waals surface area contributed by atoms with E-state index in [2.05, 4.69) is 6.92 Å². The molecular weight excluding hydrogens is 254 g/mol. The zero-order valence-corrected chi connectivity index (χ0v) is 12.6. The van der Waals surface area contributed by atoms with Crippen molar-refractivity contribution in [2.45, 2.75) is 51.6 Å². The Morgan fingerprint density at radius 1 is 1.55 bits per heavy atom. The zero-order chi connectivity index (χ0) is 14.7. The number of aliphatic hydroxyl groups is 1. The second-order valence-corrected chi connectivity index (χ2v) is 6.08. The topological polar surface area (TPSA) is 53.7 Å². The van der Waals surface area contributed by atoms with Crippen LogP contribution in [0.2, 0.25) is 0 Å². The van der Waals surface area contributed by atoms with E-state index in [0.717, 1.165) is 17.4 Å². The minimum atomic E-state index is -0.363. The van der Waals surface area contributed by atoms with Crippen LogP contribution in [-0.2, 0) is 11.2 Å². The molecule has 4 heteroatoms. The first kappa shape index (κ1) is 15.1. The number of carbonyl (C=O) groups is 1. The van der Waals surface area contributed by atoms with Crippen LogP contribution in [0.3, 0.4) is 0 Å². The number of nitrogens with zero attached hydrogens (tertiary/aromatic N) is 1. The number of aliphatic hydroxyl groups excluding tert-OH is 1. The van der Waals surface area contributed by atoms with Crippen LogP contribution in [0.4, 0.5) is 0 Å². The number of carbonyl (C=O) groups excluding carboxylic acids is 1. The van der Waals surface area contributed by atoms with Gasteiger partial charge in [-0.3, -0.25) is 4.79 Å². The van der Waals surface area contributed by atoms with E-state index in [-0.39, 0.29) is 12.0 Å². The highest BCUT2D eigenvalue weighted by molar-refractivity contribution is 5.76. The average Bonchev–Trinajstić information content (AvgIpc) is 2.95. The van der Waals surface area contributed by atoms with Crippen molar-refractivity contribution in [3.8, 4) is 0 Å². The van der Waals surface area contributed by atoms with Crippen LogP contribution >= 0.6 is 0 Å². The Bertz CT molecular complexity index is 452. The summed E-state index contributed by atoms with van der Waals surface area (Å²) < 4.78 is 5.80. The fourth-order valence-corrected chi connectivity index (χ4v) is 2.37. The molecule has 0 spiro atoms. The van der Waals surface area contributed by atoms with Gasteiger partial charge in [0.2, 0.25) is 5.91 Å². The van der Waals surface area contributed by atoms with E-state index < -0.39 is 0 Å². The number of hydrogen-bond donors (Lipinski definition) is 1. The molecular formula is C16H25NO3. The molecule has 1 aliphatic carbocycles. The second kappa shape index (κ2) is 6.44. The van der Waals surface area contributed by atoms with Gasteiger partial charge in [0.05, 0.1) is 6.10 Å². The van der Waals surface area contributed by atoms with Gasteiger partial charge in [0, 0.05) is 32.4 Å². The SMILES string of the molecule is CC(O)CCN(C)C(=O)CCc1ccc(C2CC2C)o1. The van der Waals surface area contributed by atoms with Crippen LogP contribution in [-0.4, -0.2) is 35.6 Å². The molecule has 0 aromatic carbocycles. The Morgan fingerprint density at radius 3 is 2.85 bits per heavy atom.